The minimum atomic E-state index is -4.64. The van der Waals surface area contributed by atoms with Crippen LogP contribution in [0.2, 0.25) is 0 Å². The van der Waals surface area contributed by atoms with Crippen LogP contribution in [-0.2, 0) is 22.3 Å². The summed E-state index contributed by atoms with van der Waals surface area (Å²) in [7, 11) is 0. The molecule has 3 rings (SSSR count). The second-order valence-corrected chi connectivity index (χ2v) is 8.11. The summed E-state index contributed by atoms with van der Waals surface area (Å²) in [4.78, 5) is 10.8. The average molecular weight is 481 g/mol. The number of carboxylic acid groups (broad SMARTS) is 1. The fraction of sp³-hybridized carbons (Fsp3) is 0.318. The first-order valence-electron chi connectivity index (χ1n) is 10.0. The molecule has 0 spiro atoms. The van der Waals surface area contributed by atoms with E-state index in [-0.39, 0.29) is 34.4 Å². The Morgan fingerprint density at radius 3 is 2.58 bits per heavy atom. The maximum absolute atomic E-state index is 13.6. The summed E-state index contributed by atoms with van der Waals surface area (Å²) in [6.07, 6.45) is -4.57. The maximum Gasteiger partial charge on any atom is 0.419 e. The van der Waals surface area contributed by atoms with E-state index in [0.29, 0.717) is 19.6 Å². The van der Waals surface area contributed by atoms with Gasteiger partial charge in [-0.15, -0.1) is 10.2 Å². The molecule has 176 valence electrons. The smallest absolute Gasteiger partial charge is 0.419 e. The number of nitrogens with two attached hydrogens (primary N) is 1. The van der Waals surface area contributed by atoms with E-state index in [2.05, 4.69) is 10.2 Å². The van der Waals surface area contributed by atoms with Crippen LogP contribution < -0.4 is 10.5 Å². The molecule has 0 unspecified atom stereocenters. The van der Waals surface area contributed by atoms with E-state index in [0.717, 1.165) is 23.0 Å². The molecule has 0 fully saturated rings. The predicted molar refractivity (Wildman–Crippen MR) is 116 cm³/mol. The van der Waals surface area contributed by atoms with Crippen LogP contribution >= 0.6 is 11.3 Å². The number of ether oxygens (including phenoxy) is 2. The SMILES string of the molecule is N[C@@H](CC(=O)O)c1nnc(-c2ccc(OCCCOCc3ccccc3)c(C(F)(F)F)c2)s1. The van der Waals surface area contributed by atoms with Crippen molar-refractivity contribution in [2.75, 3.05) is 13.2 Å². The lowest BCUT2D eigenvalue weighted by Crippen LogP contribution is -2.14. The molecule has 3 aromatic rings. The van der Waals surface area contributed by atoms with Gasteiger partial charge in [0.15, 0.2) is 0 Å². The number of benzene rings is 2. The second kappa shape index (κ2) is 11.2. The molecular formula is C22H22F3N3O4S. The summed E-state index contributed by atoms with van der Waals surface area (Å²) in [6.45, 7) is 0.825. The topological polar surface area (TPSA) is 108 Å². The number of carboxylic acids is 1. The van der Waals surface area contributed by atoms with Crippen molar-refractivity contribution in [1.29, 1.82) is 0 Å². The summed E-state index contributed by atoms with van der Waals surface area (Å²) in [6, 6.07) is 12.3. The highest BCUT2D eigenvalue weighted by atomic mass is 32.1. The summed E-state index contributed by atoms with van der Waals surface area (Å²) in [5.74, 6) is -1.40. The van der Waals surface area contributed by atoms with Crippen molar-refractivity contribution in [3.8, 4) is 16.3 Å². The molecule has 0 aliphatic rings. The van der Waals surface area contributed by atoms with E-state index < -0.39 is 23.8 Å². The molecule has 0 bridgehead atoms. The molecule has 2 aromatic carbocycles. The Morgan fingerprint density at radius 1 is 1.12 bits per heavy atom. The summed E-state index contributed by atoms with van der Waals surface area (Å²) in [5.41, 5.74) is 6.01. The van der Waals surface area contributed by atoms with E-state index in [1.165, 1.54) is 12.1 Å². The van der Waals surface area contributed by atoms with E-state index in [9.17, 15) is 18.0 Å². The third-order valence-electron chi connectivity index (χ3n) is 4.49. The van der Waals surface area contributed by atoms with Gasteiger partial charge in [0.05, 0.1) is 37.8 Å². The minimum absolute atomic E-state index is 0.0597. The minimum Gasteiger partial charge on any atom is -0.493 e. The average Bonchev–Trinajstić information content (AvgIpc) is 3.26. The van der Waals surface area contributed by atoms with Gasteiger partial charge in [0, 0.05) is 12.0 Å². The molecule has 33 heavy (non-hydrogen) atoms. The van der Waals surface area contributed by atoms with Gasteiger partial charge in [-0.3, -0.25) is 4.79 Å². The first-order valence-corrected chi connectivity index (χ1v) is 10.8. The summed E-state index contributed by atoms with van der Waals surface area (Å²) in [5, 5.41) is 16.9. The van der Waals surface area contributed by atoms with Crippen LogP contribution in [0, 0.1) is 0 Å². The van der Waals surface area contributed by atoms with Gasteiger partial charge in [-0.05, 0) is 23.8 Å². The molecule has 11 heteroatoms. The molecule has 1 aromatic heterocycles. The molecule has 0 amide bonds. The highest BCUT2D eigenvalue weighted by Gasteiger charge is 2.35. The Morgan fingerprint density at radius 2 is 1.88 bits per heavy atom. The fourth-order valence-corrected chi connectivity index (χ4v) is 3.74. The van der Waals surface area contributed by atoms with Gasteiger partial charge in [-0.2, -0.15) is 13.2 Å². The second-order valence-electron chi connectivity index (χ2n) is 7.10. The van der Waals surface area contributed by atoms with E-state index in [1.807, 2.05) is 30.3 Å². The van der Waals surface area contributed by atoms with Crippen molar-refractivity contribution in [1.82, 2.24) is 10.2 Å². The van der Waals surface area contributed by atoms with Gasteiger partial charge < -0.3 is 20.3 Å². The molecule has 0 radical (unpaired) electrons. The van der Waals surface area contributed by atoms with Crippen LogP contribution in [-0.4, -0.2) is 34.5 Å². The molecule has 1 heterocycles. The Hall–Kier alpha value is -3.02. The van der Waals surface area contributed by atoms with Gasteiger partial charge in [-0.1, -0.05) is 41.7 Å². The van der Waals surface area contributed by atoms with Crippen LogP contribution in [0.5, 0.6) is 5.75 Å². The number of nitrogens with zero attached hydrogens (tertiary/aromatic N) is 2. The summed E-state index contributed by atoms with van der Waals surface area (Å²) < 4.78 is 51.7. The van der Waals surface area contributed by atoms with Gasteiger partial charge >= 0.3 is 12.1 Å². The van der Waals surface area contributed by atoms with E-state index in [1.54, 1.807) is 0 Å². The first-order chi connectivity index (χ1) is 15.7. The Bertz CT molecular complexity index is 1060. The van der Waals surface area contributed by atoms with E-state index in [4.69, 9.17) is 20.3 Å². The van der Waals surface area contributed by atoms with Crippen molar-refractivity contribution in [2.45, 2.75) is 31.7 Å². The molecule has 0 saturated carbocycles. The lowest BCUT2D eigenvalue weighted by molar-refractivity contribution is -0.139. The Labute approximate surface area is 192 Å². The zero-order valence-electron chi connectivity index (χ0n) is 17.4. The zero-order valence-corrected chi connectivity index (χ0v) is 18.2. The molecule has 0 aliphatic heterocycles. The number of aromatic nitrogens is 2. The van der Waals surface area contributed by atoms with Gasteiger partial charge in [0.25, 0.3) is 0 Å². The third kappa shape index (κ3) is 7.24. The van der Waals surface area contributed by atoms with Crippen LogP contribution in [0.15, 0.2) is 48.5 Å². The summed E-state index contributed by atoms with van der Waals surface area (Å²) >= 11 is 0.951. The van der Waals surface area contributed by atoms with Crippen LogP contribution in [0.4, 0.5) is 13.2 Å². The molecule has 0 aliphatic carbocycles. The van der Waals surface area contributed by atoms with Crippen molar-refractivity contribution in [3.05, 3.63) is 64.7 Å². The molecular weight excluding hydrogens is 459 g/mol. The van der Waals surface area contributed by atoms with Crippen LogP contribution in [0.1, 0.15) is 35.0 Å². The molecule has 7 nitrogen and oxygen atoms in total. The number of alkyl halides is 3. The number of halogens is 3. The normalized spacial score (nSPS) is 12.5. The number of rotatable bonds is 11. The van der Waals surface area contributed by atoms with Crippen molar-refractivity contribution in [3.63, 3.8) is 0 Å². The van der Waals surface area contributed by atoms with Crippen LogP contribution in [0.25, 0.3) is 10.6 Å². The highest BCUT2D eigenvalue weighted by molar-refractivity contribution is 7.14. The quantitative estimate of drug-likeness (QED) is 0.383. The Balaban J connectivity index is 1.61. The lowest BCUT2D eigenvalue weighted by atomic mass is 10.1. The Kier molecular flexibility index (Phi) is 8.37. The first kappa shape index (κ1) is 24.6. The number of hydrogen-bond acceptors (Lipinski definition) is 7. The van der Waals surface area contributed by atoms with Gasteiger partial charge in [0.1, 0.15) is 15.8 Å². The standard InChI is InChI=1S/C22H22F3N3O4S/c23-22(24,25)16-11-15(20-27-28-21(33-20)17(26)12-19(29)30)7-8-18(16)32-10-4-9-31-13-14-5-2-1-3-6-14/h1-3,5-8,11,17H,4,9-10,12-13,26H2,(H,29,30)/t17-/m0/s1. The fourth-order valence-electron chi connectivity index (χ4n) is 2.89. The number of hydrogen-bond donors (Lipinski definition) is 2. The van der Waals surface area contributed by atoms with E-state index >= 15 is 0 Å². The largest absolute Gasteiger partial charge is 0.493 e. The molecule has 1 atom stereocenters. The number of aliphatic carboxylic acids is 1. The highest BCUT2D eigenvalue weighted by Crippen LogP contribution is 2.39. The van der Waals surface area contributed by atoms with Crippen molar-refractivity contribution < 1.29 is 32.5 Å². The van der Waals surface area contributed by atoms with Crippen LogP contribution in [0.3, 0.4) is 0 Å². The molecule has 3 N–H and O–H groups in total. The van der Waals surface area contributed by atoms with Gasteiger partial charge in [0.2, 0.25) is 0 Å². The van der Waals surface area contributed by atoms with Crippen molar-refractivity contribution in [2.24, 2.45) is 5.73 Å². The lowest BCUT2D eigenvalue weighted by Gasteiger charge is -2.15. The third-order valence-corrected chi connectivity index (χ3v) is 5.59. The number of carbonyl (C=O) groups is 1. The molecule has 0 saturated heterocycles. The van der Waals surface area contributed by atoms with Gasteiger partial charge in [-0.25, -0.2) is 0 Å². The van der Waals surface area contributed by atoms with Crippen molar-refractivity contribution >= 4 is 17.3 Å². The monoisotopic (exact) mass is 481 g/mol. The maximum atomic E-state index is 13.6. The predicted octanol–water partition coefficient (Wildman–Crippen LogP) is 4.68. The zero-order chi connectivity index (χ0) is 23.8.